The quantitative estimate of drug-likeness (QED) is 0.829. The Labute approximate surface area is 121 Å². The summed E-state index contributed by atoms with van der Waals surface area (Å²) in [6, 6.07) is 6.12. The molecule has 0 aliphatic heterocycles. The number of hydrogen-bond donors (Lipinski definition) is 1. The van der Waals surface area contributed by atoms with Crippen LogP contribution in [0.5, 0.6) is 11.5 Å². The maximum absolute atomic E-state index is 5.42. The third-order valence-corrected chi connectivity index (χ3v) is 4.54. The van der Waals surface area contributed by atoms with Crippen LogP contribution in [0.4, 0.5) is 0 Å². The molecule has 0 aromatic heterocycles. The molecule has 0 spiro atoms. The number of benzene rings is 1. The van der Waals surface area contributed by atoms with E-state index in [1.165, 1.54) is 0 Å². The zero-order valence-electron chi connectivity index (χ0n) is 12.7. The van der Waals surface area contributed by atoms with E-state index < -0.39 is 0 Å². The molecule has 0 fully saturated rings. The zero-order valence-corrected chi connectivity index (χ0v) is 13.6. The molecule has 1 N–H and O–H groups in total. The van der Waals surface area contributed by atoms with E-state index in [-0.39, 0.29) is 10.8 Å². The topological polar surface area (TPSA) is 30.5 Å². The molecular formula is C15H25NO2S. The van der Waals surface area contributed by atoms with E-state index in [9.17, 15) is 0 Å². The van der Waals surface area contributed by atoms with Crippen molar-refractivity contribution in [2.75, 3.05) is 27.0 Å². The monoisotopic (exact) mass is 283 g/mol. The van der Waals surface area contributed by atoms with Gasteiger partial charge in [0.1, 0.15) is 11.5 Å². The average Bonchev–Trinajstić information content (AvgIpc) is 2.44. The molecule has 0 heterocycles. The molecule has 1 aromatic carbocycles. The predicted molar refractivity (Wildman–Crippen MR) is 83.6 cm³/mol. The number of methoxy groups -OCH3 is 2. The number of rotatable bonds is 7. The molecule has 108 valence electrons. The molecule has 0 saturated carbocycles. The van der Waals surface area contributed by atoms with Gasteiger partial charge in [-0.15, -0.1) is 0 Å². The van der Waals surface area contributed by atoms with Crippen LogP contribution < -0.4 is 14.8 Å². The highest BCUT2D eigenvalue weighted by atomic mass is 32.2. The molecule has 19 heavy (non-hydrogen) atoms. The first-order valence-corrected chi connectivity index (χ1v) is 7.66. The summed E-state index contributed by atoms with van der Waals surface area (Å²) in [6.07, 6.45) is 2.14. The van der Waals surface area contributed by atoms with Crippen molar-refractivity contribution >= 4 is 11.8 Å². The van der Waals surface area contributed by atoms with Crippen LogP contribution in [0.1, 0.15) is 32.4 Å². The van der Waals surface area contributed by atoms with E-state index in [4.69, 9.17) is 9.47 Å². The van der Waals surface area contributed by atoms with Crippen LogP contribution in [0.3, 0.4) is 0 Å². The zero-order chi connectivity index (χ0) is 14.5. The molecule has 4 heteroatoms. The summed E-state index contributed by atoms with van der Waals surface area (Å²) in [5.41, 5.74) is 1.12. The normalized spacial score (nSPS) is 13.2. The van der Waals surface area contributed by atoms with Gasteiger partial charge in [-0.25, -0.2) is 0 Å². The fourth-order valence-electron chi connectivity index (χ4n) is 1.76. The lowest BCUT2D eigenvalue weighted by molar-refractivity contribution is 0.390. The van der Waals surface area contributed by atoms with Gasteiger partial charge in [0.25, 0.3) is 0 Å². The molecule has 0 saturated heterocycles. The van der Waals surface area contributed by atoms with Crippen LogP contribution in [0.15, 0.2) is 18.2 Å². The van der Waals surface area contributed by atoms with Gasteiger partial charge in [-0.2, -0.15) is 11.8 Å². The lowest BCUT2D eigenvalue weighted by atomic mass is 10.1. The lowest BCUT2D eigenvalue weighted by Crippen LogP contribution is -2.33. The van der Waals surface area contributed by atoms with Crippen molar-refractivity contribution in [2.24, 2.45) is 0 Å². The summed E-state index contributed by atoms with van der Waals surface area (Å²) in [6.45, 7) is 7.56. The first kappa shape index (κ1) is 16.2. The molecule has 1 aromatic rings. The Morgan fingerprint density at radius 1 is 1.26 bits per heavy atom. The summed E-state index contributed by atoms with van der Waals surface area (Å²) in [4.78, 5) is 0. The van der Waals surface area contributed by atoms with Crippen molar-refractivity contribution in [2.45, 2.75) is 31.6 Å². The Balaban J connectivity index is 2.82. The van der Waals surface area contributed by atoms with E-state index in [1.807, 2.05) is 30.0 Å². The SMILES string of the molecule is COc1ccc(OC)c(C(C)NCC(C)(C)SC)c1. The summed E-state index contributed by atoms with van der Waals surface area (Å²) >= 11 is 1.86. The van der Waals surface area contributed by atoms with E-state index in [1.54, 1.807) is 14.2 Å². The van der Waals surface area contributed by atoms with Gasteiger partial charge in [-0.3, -0.25) is 0 Å². The molecule has 0 aliphatic rings. The molecule has 1 atom stereocenters. The van der Waals surface area contributed by atoms with Crippen molar-refractivity contribution in [1.82, 2.24) is 5.32 Å². The van der Waals surface area contributed by atoms with E-state index >= 15 is 0 Å². The Kier molecular flexibility index (Phi) is 6.01. The van der Waals surface area contributed by atoms with Gasteiger partial charge >= 0.3 is 0 Å². The molecule has 3 nitrogen and oxygen atoms in total. The minimum Gasteiger partial charge on any atom is -0.497 e. The van der Waals surface area contributed by atoms with Crippen LogP contribution in [0.25, 0.3) is 0 Å². The highest BCUT2D eigenvalue weighted by molar-refractivity contribution is 7.99. The summed E-state index contributed by atoms with van der Waals surface area (Å²) < 4.78 is 10.9. The van der Waals surface area contributed by atoms with Gasteiger partial charge in [-0.05, 0) is 45.2 Å². The first-order chi connectivity index (χ1) is 8.93. The van der Waals surface area contributed by atoms with Crippen LogP contribution in [-0.4, -0.2) is 31.8 Å². The molecule has 0 radical (unpaired) electrons. The van der Waals surface area contributed by atoms with Crippen molar-refractivity contribution in [1.29, 1.82) is 0 Å². The van der Waals surface area contributed by atoms with Gasteiger partial charge in [0.05, 0.1) is 14.2 Å². The summed E-state index contributed by atoms with van der Waals surface area (Å²) in [5, 5.41) is 3.56. The molecule has 0 bridgehead atoms. The van der Waals surface area contributed by atoms with Crippen LogP contribution >= 0.6 is 11.8 Å². The van der Waals surface area contributed by atoms with Gasteiger partial charge < -0.3 is 14.8 Å². The Morgan fingerprint density at radius 2 is 1.95 bits per heavy atom. The lowest BCUT2D eigenvalue weighted by Gasteiger charge is -2.26. The fourth-order valence-corrected chi connectivity index (χ4v) is 1.99. The van der Waals surface area contributed by atoms with Crippen LogP contribution in [0.2, 0.25) is 0 Å². The smallest absolute Gasteiger partial charge is 0.123 e. The number of nitrogens with one attached hydrogen (secondary N) is 1. The van der Waals surface area contributed by atoms with E-state index in [0.29, 0.717) is 0 Å². The second-order valence-corrected chi connectivity index (χ2v) is 6.69. The number of hydrogen-bond acceptors (Lipinski definition) is 4. The van der Waals surface area contributed by atoms with Crippen LogP contribution in [0, 0.1) is 0 Å². The largest absolute Gasteiger partial charge is 0.497 e. The molecule has 0 amide bonds. The van der Waals surface area contributed by atoms with Gasteiger partial charge in [0.15, 0.2) is 0 Å². The van der Waals surface area contributed by atoms with Crippen molar-refractivity contribution in [3.05, 3.63) is 23.8 Å². The maximum atomic E-state index is 5.42. The second-order valence-electron chi connectivity index (χ2n) is 5.17. The molecule has 0 aliphatic carbocycles. The standard InChI is InChI=1S/C15H25NO2S/c1-11(16-10-15(2,3)19-6)13-9-12(17-4)7-8-14(13)18-5/h7-9,11,16H,10H2,1-6H3. The van der Waals surface area contributed by atoms with Gasteiger partial charge in [0, 0.05) is 22.9 Å². The van der Waals surface area contributed by atoms with Gasteiger partial charge in [-0.1, -0.05) is 0 Å². The Morgan fingerprint density at radius 3 is 2.47 bits per heavy atom. The van der Waals surface area contributed by atoms with Crippen molar-refractivity contribution < 1.29 is 9.47 Å². The molecule has 1 rings (SSSR count). The predicted octanol–water partition coefficient (Wildman–Crippen LogP) is 3.50. The minimum absolute atomic E-state index is 0.219. The first-order valence-electron chi connectivity index (χ1n) is 6.44. The van der Waals surface area contributed by atoms with E-state index in [2.05, 4.69) is 32.3 Å². The third kappa shape index (κ3) is 4.62. The number of ether oxygens (including phenoxy) is 2. The van der Waals surface area contributed by atoms with E-state index in [0.717, 1.165) is 23.6 Å². The Bertz CT molecular complexity index is 407. The Hall–Kier alpha value is -0.870. The second kappa shape index (κ2) is 7.06. The van der Waals surface area contributed by atoms with Crippen molar-refractivity contribution in [3.63, 3.8) is 0 Å². The van der Waals surface area contributed by atoms with Crippen molar-refractivity contribution in [3.8, 4) is 11.5 Å². The molecule has 1 unspecified atom stereocenters. The summed E-state index contributed by atoms with van der Waals surface area (Å²) in [5.74, 6) is 1.75. The van der Waals surface area contributed by atoms with Gasteiger partial charge in [0.2, 0.25) is 0 Å². The highest BCUT2D eigenvalue weighted by Gasteiger charge is 2.19. The average molecular weight is 283 g/mol. The third-order valence-electron chi connectivity index (χ3n) is 3.29. The van der Waals surface area contributed by atoms with Crippen LogP contribution in [-0.2, 0) is 0 Å². The maximum Gasteiger partial charge on any atom is 0.123 e. The molecular weight excluding hydrogens is 258 g/mol. The number of thioether (sulfide) groups is 1. The highest BCUT2D eigenvalue weighted by Crippen LogP contribution is 2.30. The minimum atomic E-state index is 0.219. The fraction of sp³-hybridized carbons (Fsp3) is 0.600. The summed E-state index contributed by atoms with van der Waals surface area (Å²) in [7, 11) is 3.38.